The molecule has 2 N–H and O–H groups in total. The average Bonchev–Trinajstić information content (AvgIpc) is 2.99. The zero-order valence-corrected chi connectivity index (χ0v) is 12.1. The lowest BCUT2D eigenvalue weighted by molar-refractivity contribution is 0.296. The minimum Gasteiger partial charge on any atom is -0.486 e. The van der Waals surface area contributed by atoms with Gasteiger partial charge in [-0.2, -0.15) is 4.98 Å². The van der Waals surface area contributed by atoms with E-state index in [0.717, 1.165) is 22.8 Å². The molecule has 0 unspecified atom stereocenters. The maximum atomic E-state index is 5.71. The van der Waals surface area contributed by atoms with Gasteiger partial charge in [0.2, 0.25) is 4.96 Å². The highest BCUT2D eigenvalue weighted by Gasteiger charge is 2.09. The molecule has 5 nitrogen and oxygen atoms in total. The van der Waals surface area contributed by atoms with Crippen LogP contribution >= 0.6 is 11.3 Å². The van der Waals surface area contributed by atoms with Gasteiger partial charge < -0.3 is 10.5 Å². The van der Waals surface area contributed by atoms with Crippen molar-refractivity contribution in [3.05, 3.63) is 46.7 Å². The summed E-state index contributed by atoms with van der Waals surface area (Å²) in [5, 5.41) is 6.51. The van der Waals surface area contributed by atoms with Crippen LogP contribution < -0.4 is 10.5 Å². The molecule has 0 aliphatic rings. The molecule has 0 fully saturated rings. The lowest BCUT2D eigenvalue weighted by atomic mass is 10.2. The Labute approximate surface area is 121 Å². The monoisotopic (exact) mass is 288 g/mol. The second-order valence-electron chi connectivity index (χ2n) is 4.59. The lowest BCUT2D eigenvalue weighted by Crippen LogP contribution is -2.06. The fourth-order valence-electron chi connectivity index (χ4n) is 2.00. The Morgan fingerprint density at radius 3 is 3.10 bits per heavy atom. The average molecular weight is 288 g/mol. The van der Waals surface area contributed by atoms with Gasteiger partial charge in [-0.05, 0) is 31.2 Å². The van der Waals surface area contributed by atoms with Gasteiger partial charge >= 0.3 is 0 Å². The van der Waals surface area contributed by atoms with E-state index in [9.17, 15) is 0 Å². The number of aromatic nitrogens is 3. The van der Waals surface area contributed by atoms with Gasteiger partial charge in [0.25, 0.3) is 0 Å². The van der Waals surface area contributed by atoms with Crippen LogP contribution in [-0.2, 0) is 13.0 Å². The molecule has 20 heavy (non-hydrogen) atoms. The highest BCUT2D eigenvalue weighted by atomic mass is 32.1. The molecule has 0 aliphatic heterocycles. The van der Waals surface area contributed by atoms with Gasteiger partial charge in [-0.3, -0.25) is 0 Å². The van der Waals surface area contributed by atoms with E-state index in [-0.39, 0.29) is 0 Å². The van der Waals surface area contributed by atoms with Crippen molar-refractivity contribution in [2.45, 2.75) is 20.0 Å². The molecule has 0 atom stereocenters. The number of thiazole rings is 1. The Bertz CT molecular complexity index is 719. The largest absolute Gasteiger partial charge is 0.486 e. The zero-order valence-electron chi connectivity index (χ0n) is 11.2. The third-order valence-corrected chi connectivity index (χ3v) is 3.82. The van der Waals surface area contributed by atoms with E-state index in [0.29, 0.717) is 19.0 Å². The third-order valence-electron chi connectivity index (χ3n) is 2.95. The summed E-state index contributed by atoms with van der Waals surface area (Å²) in [6, 6.07) is 7.95. The van der Waals surface area contributed by atoms with Crippen LogP contribution in [0.1, 0.15) is 17.1 Å². The number of rotatable bonds is 5. The molecule has 6 heteroatoms. The van der Waals surface area contributed by atoms with Crippen LogP contribution in [0.3, 0.4) is 0 Å². The van der Waals surface area contributed by atoms with Crippen LogP contribution in [0.2, 0.25) is 0 Å². The van der Waals surface area contributed by atoms with E-state index < -0.39 is 0 Å². The predicted octanol–water partition coefficient (Wildman–Crippen LogP) is 2.18. The van der Waals surface area contributed by atoms with Gasteiger partial charge in [0.05, 0.1) is 5.69 Å². The van der Waals surface area contributed by atoms with E-state index in [1.807, 2.05) is 41.1 Å². The molecular formula is C14H16N4OS. The number of hydrogen-bond donors (Lipinski definition) is 1. The molecule has 0 saturated heterocycles. The van der Waals surface area contributed by atoms with Crippen molar-refractivity contribution in [1.82, 2.24) is 14.6 Å². The lowest BCUT2D eigenvalue weighted by Gasteiger charge is -2.03. The zero-order chi connectivity index (χ0) is 13.9. The van der Waals surface area contributed by atoms with Gasteiger partial charge in [0, 0.05) is 11.8 Å². The number of fused-ring (bicyclic) bond motifs is 1. The smallest absolute Gasteiger partial charge is 0.212 e. The van der Waals surface area contributed by atoms with Crippen molar-refractivity contribution >= 4 is 16.3 Å². The molecule has 2 aromatic heterocycles. The van der Waals surface area contributed by atoms with Crippen LogP contribution in [0.25, 0.3) is 4.96 Å². The standard InChI is InChI=1S/C14H16N4OS/c1-10-3-2-4-12(7-10)19-8-13-16-14-18(17-13)11(5-6-15)9-20-14/h2-4,7,9H,5-6,8,15H2,1H3. The van der Waals surface area contributed by atoms with E-state index in [4.69, 9.17) is 10.5 Å². The molecule has 1 aromatic carbocycles. The highest BCUT2D eigenvalue weighted by molar-refractivity contribution is 7.15. The first-order chi connectivity index (χ1) is 9.76. The summed E-state index contributed by atoms with van der Waals surface area (Å²) in [5.41, 5.74) is 7.86. The number of nitrogens with zero attached hydrogens (tertiary/aromatic N) is 3. The van der Waals surface area contributed by atoms with Crippen LogP contribution in [0, 0.1) is 6.92 Å². The topological polar surface area (TPSA) is 65.4 Å². The summed E-state index contributed by atoms with van der Waals surface area (Å²) in [6.07, 6.45) is 0.807. The number of ether oxygens (including phenoxy) is 1. The number of aryl methyl sites for hydroxylation is 1. The van der Waals surface area contributed by atoms with Crippen molar-refractivity contribution in [2.24, 2.45) is 5.73 Å². The molecule has 0 bridgehead atoms. The predicted molar refractivity (Wildman–Crippen MR) is 79.1 cm³/mol. The summed E-state index contributed by atoms with van der Waals surface area (Å²) in [6.45, 7) is 3.03. The number of hydrogen-bond acceptors (Lipinski definition) is 5. The maximum Gasteiger partial charge on any atom is 0.212 e. The molecule has 2 heterocycles. The molecule has 3 aromatic rings. The maximum absolute atomic E-state index is 5.71. The first-order valence-electron chi connectivity index (χ1n) is 6.48. The summed E-state index contributed by atoms with van der Waals surface area (Å²) < 4.78 is 7.57. The number of nitrogens with two attached hydrogens (primary N) is 1. The second kappa shape index (κ2) is 5.60. The first kappa shape index (κ1) is 13.1. The Morgan fingerprint density at radius 2 is 2.30 bits per heavy atom. The fraction of sp³-hybridized carbons (Fsp3) is 0.286. The number of benzene rings is 1. The summed E-state index contributed by atoms with van der Waals surface area (Å²) in [5.74, 6) is 1.53. The molecule has 3 rings (SSSR count). The summed E-state index contributed by atoms with van der Waals surface area (Å²) in [4.78, 5) is 5.34. The van der Waals surface area contributed by atoms with Crippen LogP contribution in [-0.4, -0.2) is 21.1 Å². The quantitative estimate of drug-likeness (QED) is 0.781. The molecule has 0 amide bonds. The second-order valence-corrected chi connectivity index (χ2v) is 5.43. The minimum absolute atomic E-state index is 0.375. The van der Waals surface area contributed by atoms with Gasteiger partial charge in [0.1, 0.15) is 12.4 Å². The Hall–Kier alpha value is -1.92. The van der Waals surface area contributed by atoms with Gasteiger partial charge in [-0.15, -0.1) is 16.4 Å². The highest BCUT2D eigenvalue weighted by Crippen LogP contribution is 2.17. The molecule has 0 aliphatic carbocycles. The third kappa shape index (κ3) is 2.66. The van der Waals surface area contributed by atoms with Gasteiger partial charge in [0.15, 0.2) is 5.82 Å². The SMILES string of the molecule is Cc1cccc(OCc2nc3scc(CCN)n3n2)c1. The molecular weight excluding hydrogens is 272 g/mol. The Balaban J connectivity index is 1.74. The normalized spacial score (nSPS) is 11.1. The molecule has 0 radical (unpaired) electrons. The van der Waals surface area contributed by atoms with Crippen molar-refractivity contribution < 1.29 is 4.74 Å². The van der Waals surface area contributed by atoms with E-state index in [1.54, 1.807) is 11.3 Å². The molecule has 0 spiro atoms. The summed E-state index contributed by atoms with van der Waals surface area (Å²) in [7, 11) is 0. The van der Waals surface area contributed by atoms with E-state index in [1.165, 1.54) is 5.56 Å². The van der Waals surface area contributed by atoms with Crippen LogP contribution in [0.4, 0.5) is 0 Å². The fourth-order valence-corrected chi connectivity index (χ4v) is 2.87. The van der Waals surface area contributed by atoms with Gasteiger partial charge in [-0.25, -0.2) is 4.52 Å². The van der Waals surface area contributed by atoms with Gasteiger partial charge in [-0.1, -0.05) is 12.1 Å². The summed E-state index contributed by atoms with van der Waals surface area (Å²) >= 11 is 1.58. The van der Waals surface area contributed by atoms with Crippen molar-refractivity contribution in [1.29, 1.82) is 0 Å². The van der Waals surface area contributed by atoms with Crippen LogP contribution in [0.5, 0.6) is 5.75 Å². The van der Waals surface area contributed by atoms with Crippen LogP contribution in [0.15, 0.2) is 29.6 Å². The molecule has 104 valence electrons. The minimum atomic E-state index is 0.375. The Kier molecular flexibility index (Phi) is 3.66. The van der Waals surface area contributed by atoms with Crippen molar-refractivity contribution in [3.63, 3.8) is 0 Å². The van der Waals surface area contributed by atoms with Crippen molar-refractivity contribution in [3.8, 4) is 5.75 Å². The first-order valence-corrected chi connectivity index (χ1v) is 7.36. The van der Waals surface area contributed by atoms with E-state index in [2.05, 4.69) is 10.1 Å². The van der Waals surface area contributed by atoms with Crippen molar-refractivity contribution in [2.75, 3.05) is 6.54 Å². The molecule has 0 saturated carbocycles. The Morgan fingerprint density at radius 1 is 1.40 bits per heavy atom. The van der Waals surface area contributed by atoms with E-state index >= 15 is 0 Å².